The van der Waals surface area contributed by atoms with Crippen LogP contribution in [0.4, 0.5) is 0 Å². The highest BCUT2D eigenvalue weighted by atomic mass is 16.3. The Balaban J connectivity index is 1.77. The van der Waals surface area contributed by atoms with Crippen molar-refractivity contribution < 1.29 is 9.21 Å². The number of hydrogen-bond donors (Lipinski definition) is 1. The Labute approximate surface area is 173 Å². The van der Waals surface area contributed by atoms with Crippen molar-refractivity contribution in [3.05, 3.63) is 70.5 Å². The zero-order valence-electron chi connectivity index (χ0n) is 18.6. The normalized spacial score (nSPS) is 13.1. The molecular weight excluding hydrogens is 360 g/mol. The maximum atomic E-state index is 12.8. The molecule has 0 spiro atoms. The van der Waals surface area contributed by atoms with Crippen molar-refractivity contribution in [3.63, 3.8) is 0 Å². The van der Waals surface area contributed by atoms with Gasteiger partial charge in [0, 0.05) is 17.5 Å². The molecule has 0 saturated carbocycles. The first kappa shape index (κ1) is 21.1. The number of hydrogen-bond acceptors (Lipinski definition) is 3. The predicted molar refractivity (Wildman–Crippen MR) is 120 cm³/mol. The molecule has 1 amide bonds. The zero-order chi connectivity index (χ0) is 21.3. The first-order chi connectivity index (χ1) is 13.6. The van der Waals surface area contributed by atoms with E-state index in [2.05, 4.69) is 55.3 Å². The van der Waals surface area contributed by atoms with Gasteiger partial charge in [-0.2, -0.15) is 0 Å². The average molecular weight is 393 g/mol. The smallest absolute Gasteiger partial charge is 0.287 e. The maximum Gasteiger partial charge on any atom is 0.287 e. The summed E-state index contributed by atoms with van der Waals surface area (Å²) in [5.74, 6) is 0.223. The van der Waals surface area contributed by atoms with E-state index in [1.54, 1.807) is 0 Å². The number of amides is 1. The van der Waals surface area contributed by atoms with E-state index in [0.717, 1.165) is 22.1 Å². The van der Waals surface area contributed by atoms with E-state index >= 15 is 0 Å². The monoisotopic (exact) mass is 392 g/mol. The van der Waals surface area contributed by atoms with Crippen LogP contribution in [0.5, 0.6) is 0 Å². The molecule has 1 N–H and O–H groups in total. The standard InChI is InChI=1S/C25H32N2O2/c1-16-8-13-20-17(2)23(29-22(20)14-16)24(28)26-15-21(27(6)7)18-9-11-19(12-10-18)25(3,4)5/h8-14,21H,15H2,1-7H3,(H,26,28). The van der Waals surface area contributed by atoms with Gasteiger partial charge in [0.25, 0.3) is 5.91 Å². The summed E-state index contributed by atoms with van der Waals surface area (Å²) >= 11 is 0. The summed E-state index contributed by atoms with van der Waals surface area (Å²) in [5.41, 5.74) is 5.36. The van der Waals surface area contributed by atoms with Crippen molar-refractivity contribution in [2.75, 3.05) is 20.6 Å². The van der Waals surface area contributed by atoms with Crippen molar-refractivity contribution in [2.45, 2.75) is 46.1 Å². The molecule has 1 unspecified atom stereocenters. The fourth-order valence-electron chi connectivity index (χ4n) is 3.62. The largest absolute Gasteiger partial charge is 0.451 e. The van der Waals surface area contributed by atoms with Crippen LogP contribution < -0.4 is 5.32 Å². The van der Waals surface area contributed by atoms with E-state index in [9.17, 15) is 4.79 Å². The summed E-state index contributed by atoms with van der Waals surface area (Å²) in [7, 11) is 4.06. The summed E-state index contributed by atoms with van der Waals surface area (Å²) in [6.07, 6.45) is 0. The SMILES string of the molecule is Cc1ccc2c(C)c(C(=O)NCC(c3ccc(C(C)(C)C)cc3)N(C)C)oc2c1. The quantitative estimate of drug-likeness (QED) is 0.634. The lowest BCUT2D eigenvalue weighted by Gasteiger charge is -2.26. The highest BCUT2D eigenvalue weighted by Crippen LogP contribution is 2.27. The molecule has 0 aliphatic heterocycles. The van der Waals surface area contributed by atoms with Crippen molar-refractivity contribution in [2.24, 2.45) is 0 Å². The summed E-state index contributed by atoms with van der Waals surface area (Å²) in [4.78, 5) is 15.0. The Kier molecular flexibility index (Phi) is 5.85. The second-order valence-corrected chi connectivity index (χ2v) is 9.12. The number of aryl methyl sites for hydroxylation is 2. The molecule has 0 saturated heterocycles. The van der Waals surface area contributed by atoms with Gasteiger partial charge >= 0.3 is 0 Å². The van der Waals surface area contributed by atoms with Gasteiger partial charge in [0.05, 0.1) is 6.04 Å². The number of carbonyl (C=O) groups is 1. The first-order valence-electron chi connectivity index (χ1n) is 10.1. The molecule has 3 rings (SSSR count). The van der Waals surface area contributed by atoms with E-state index in [0.29, 0.717) is 12.3 Å². The van der Waals surface area contributed by atoms with Crippen LogP contribution >= 0.6 is 0 Å². The average Bonchev–Trinajstić information content (AvgIpc) is 2.97. The summed E-state index contributed by atoms with van der Waals surface area (Å²) < 4.78 is 5.87. The molecule has 0 bridgehead atoms. The van der Waals surface area contributed by atoms with E-state index in [1.165, 1.54) is 11.1 Å². The van der Waals surface area contributed by atoms with Gasteiger partial charge in [-0.05, 0) is 56.1 Å². The zero-order valence-corrected chi connectivity index (χ0v) is 18.6. The van der Waals surface area contributed by atoms with Crippen LogP contribution in [0.25, 0.3) is 11.0 Å². The molecule has 29 heavy (non-hydrogen) atoms. The summed E-state index contributed by atoms with van der Waals surface area (Å²) in [6.45, 7) is 11.1. The molecule has 0 aliphatic carbocycles. The molecule has 0 radical (unpaired) electrons. The van der Waals surface area contributed by atoms with Crippen LogP contribution in [0, 0.1) is 13.8 Å². The third-order valence-corrected chi connectivity index (χ3v) is 5.54. The minimum atomic E-state index is -0.172. The molecule has 1 atom stereocenters. The second-order valence-electron chi connectivity index (χ2n) is 9.12. The number of rotatable bonds is 5. The van der Waals surface area contributed by atoms with Gasteiger partial charge in [-0.15, -0.1) is 0 Å². The number of furan rings is 1. The number of benzene rings is 2. The minimum absolute atomic E-state index is 0.0832. The lowest BCUT2D eigenvalue weighted by atomic mass is 9.86. The van der Waals surface area contributed by atoms with E-state index in [-0.39, 0.29) is 17.4 Å². The molecule has 2 aromatic carbocycles. The first-order valence-corrected chi connectivity index (χ1v) is 10.1. The second kappa shape index (κ2) is 8.03. The molecule has 4 heteroatoms. The fourth-order valence-corrected chi connectivity index (χ4v) is 3.62. The molecule has 154 valence electrons. The lowest BCUT2D eigenvalue weighted by molar-refractivity contribution is 0.0915. The van der Waals surface area contributed by atoms with Gasteiger partial charge < -0.3 is 14.6 Å². The van der Waals surface area contributed by atoms with Crippen LogP contribution in [0.1, 0.15) is 59.6 Å². The van der Waals surface area contributed by atoms with Gasteiger partial charge in [-0.3, -0.25) is 4.79 Å². The lowest BCUT2D eigenvalue weighted by Crippen LogP contribution is -2.34. The fraction of sp³-hybridized carbons (Fsp3) is 0.400. The molecule has 0 aliphatic rings. The Morgan fingerprint density at radius 3 is 2.31 bits per heavy atom. The summed E-state index contributed by atoms with van der Waals surface area (Å²) in [6, 6.07) is 14.8. The summed E-state index contributed by atoms with van der Waals surface area (Å²) in [5, 5.41) is 4.05. The van der Waals surface area contributed by atoms with E-state index in [4.69, 9.17) is 4.42 Å². The Morgan fingerprint density at radius 1 is 1.07 bits per heavy atom. The van der Waals surface area contributed by atoms with Crippen LogP contribution in [0.15, 0.2) is 46.9 Å². The van der Waals surface area contributed by atoms with Crippen molar-refractivity contribution >= 4 is 16.9 Å². The topological polar surface area (TPSA) is 45.5 Å². The van der Waals surface area contributed by atoms with Crippen LogP contribution in [0.2, 0.25) is 0 Å². The van der Waals surface area contributed by atoms with Gasteiger partial charge in [-0.1, -0.05) is 57.2 Å². The van der Waals surface area contributed by atoms with E-state index < -0.39 is 0 Å². The molecule has 1 heterocycles. The van der Waals surface area contributed by atoms with Crippen LogP contribution in [-0.4, -0.2) is 31.4 Å². The third-order valence-electron chi connectivity index (χ3n) is 5.54. The van der Waals surface area contributed by atoms with Crippen molar-refractivity contribution in [1.82, 2.24) is 10.2 Å². The van der Waals surface area contributed by atoms with Gasteiger partial charge in [0.1, 0.15) is 5.58 Å². The highest BCUT2D eigenvalue weighted by molar-refractivity contribution is 5.99. The molecule has 1 aromatic heterocycles. The Bertz CT molecular complexity index is 1010. The van der Waals surface area contributed by atoms with Crippen LogP contribution in [0.3, 0.4) is 0 Å². The molecule has 0 fully saturated rings. The molecule has 4 nitrogen and oxygen atoms in total. The van der Waals surface area contributed by atoms with Gasteiger partial charge in [-0.25, -0.2) is 0 Å². The van der Waals surface area contributed by atoms with Gasteiger partial charge in [0.15, 0.2) is 5.76 Å². The number of nitrogens with zero attached hydrogens (tertiary/aromatic N) is 1. The predicted octanol–water partition coefficient (Wildman–Crippen LogP) is 5.38. The number of fused-ring (bicyclic) bond motifs is 1. The number of nitrogens with one attached hydrogen (secondary N) is 1. The minimum Gasteiger partial charge on any atom is -0.451 e. The van der Waals surface area contributed by atoms with Crippen LogP contribution in [-0.2, 0) is 5.41 Å². The molecular formula is C25H32N2O2. The maximum absolute atomic E-state index is 12.8. The van der Waals surface area contributed by atoms with E-state index in [1.807, 2.05) is 46.1 Å². The van der Waals surface area contributed by atoms with Crippen molar-refractivity contribution in [1.29, 1.82) is 0 Å². The third kappa shape index (κ3) is 4.54. The van der Waals surface area contributed by atoms with Crippen molar-refractivity contribution in [3.8, 4) is 0 Å². The highest BCUT2D eigenvalue weighted by Gasteiger charge is 2.21. The number of carbonyl (C=O) groups excluding carboxylic acids is 1. The van der Waals surface area contributed by atoms with Gasteiger partial charge in [0.2, 0.25) is 0 Å². The Hall–Kier alpha value is -2.59. The molecule has 3 aromatic rings. The number of likely N-dealkylation sites (N-methyl/N-ethyl adjacent to an activating group) is 1. The Morgan fingerprint density at radius 2 is 1.72 bits per heavy atom.